The van der Waals surface area contributed by atoms with E-state index in [-0.39, 0.29) is 0 Å². The van der Waals surface area contributed by atoms with Gasteiger partial charge in [0.2, 0.25) is 0 Å². The van der Waals surface area contributed by atoms with Crippen LogP contribution in [0.3, 0.4) is 0 Å². The van der Waals surface area contributed by atoms with E-state index >= 15 is 0 Å². The first-order valence-corrected chi connectivity index (χ1v) is 3.87. The van der Waals surface area contributed by atoms with Crippen LogP contribution in [0.2, 0.25) is 5.02 Å². The van der Waals surface area contributed by atoms with Gasteiger partial charge in [-0.05, 0) is 17.4 Å². The quantitative estimate of drug-likeness (QED) is 0.572. The zero-order valence-corrected chi connectivity index (χ0v) is 6.22. The molecule has 0 fully saturated rings. The van der Waals surface area contributed by atoms with Gasteiger partial charge in [0.25, 0.3) is 0 Å². The van der Waals surface area contributed by atoms with Crippen LogP contribution < -0.4 is 0 Å². The van der Waals surface area contributed by atoms with E-state index in [1.54, 1.807) is 11.3 Å². The summed E-state index contributed by atoms with van der Waals surface area (Å²) in [6.45, 7) is 2.11. The minimum absolute atomic E-state index is 0.914. The van der Waals surface area contributed by atoms with Crippen LogP contribution in [-0.2, 0) is 6.42 Å². The Balaban J connectivity index is 2.92. The lowest BCUT2D eigenvalue weighted by molar-refractivity contribution is 1.16. The predicted molar refractivity (Wildman–Crippen MR) is 38.7 cm³/mol. The zero-order valence-electron chi connectivity index (χ0n) is 4.65. The highest BCUT2D eigenvalue weighted by molar-refractivity contribution is 7.08. The lowest BCUT2D eigenvalue weighted by Gasteiger charge is -1.85. The van der Waals surface area contributed by atoms with Crippen molar-refractivity contribution in [3.8, 4) is 0 Å². The van der Waals surface area contributed by atoms with Crippen LogP contribution in [0.5, 0.6) is 0 Å². The molecule has 0 aromatic carbocycles. The highest BCUT2D eigenvalue weighted by Crippen LogP contribution is 2.20. The summed E-state index contributed by atoms with van der Waals surface area (Å²) in [7, 11) is 0. The molecule has 44 valence electrons. The smallest absolute Gasteiger partial charge is 0.0544 e. The van der Waals surface area contributed by atoms with Crippen LogP contribution in [0.4, 0.5) is 0 Å². The molecule has 0 radical (unpaired) electrons. The van der Waals surface area contributed by atoms with Crippen molar-refractivity contribution in [2.24, 2.45) is 0 Å². The van der Waals surface area contributed by atoms with Gasteiger partial charge in [-0.15, -0.1) is 0 Å². The molecule has 0 unspecified atom stereocenters. The molecule has 1 aromatic heterocycles. The van der Waals surface area contributed by atoms with Gasteiger partial charge < -0.3 is 0 Å². The Kier molecular flexibility index (Phi) is 1.92. The molecule has 1 heterocycles. The van der Waals surface area contributed by atoms with Gasteiger partial charge in [0.05, 0.1) is 5.02 Å². The first-order valence-electron chi connectivity index (χ1n) is 2.55. The fraction of sp³-hybridized carbons (Fsp3) is 0.333. The van der Waals surface area contributed by atoms with Gasteiger partial charge in [0, 0.05) is 5.38 Å². The van der Waals surface area contributed by atoms with Gasteiger partial charge in [-0.2, -0.15) is 11.3 Å². The Bertz CT molecular complexity index is 169. The molecular weight excluding hydrogens is 140 g/mol. The summed E-state index contributed by atoms with van der Waals surface area (Å²) in [6.07, 6.45) is 1.04. The molecule has 0 N–H and O–H groups in total. The molecule has 0 spiro atoms. The normalized spacial score (nSPS) is 9.75. The third-order valence-corrected chi connectivity index (χ3v) is 2.34. The molecule has 1 rings (SSSR count). The van der Waals surface area contributed by atoms with E-state index in [9.17, 15) is 0 Å². The first kappa shape index (κ1) is 6.12. The monoisotopic (exact) mass is 146 g/mol. The predicted octanol–water partition coefficient (Wildman–Crippen LogP) is 2.96. The van der Waals surface area contributed by atoms with Gasteiger partial charge in [-0.3, -0.25) is 0 Å². The van der Waals surface area contributed by atoms with Gasteiger partial charge in [0.1, 0.15) is 0 Å². The number of hydrogen-bond acceptors (Lipinski definition) is 1. The summed E-state index contributed by atoms with van der Waals surface area (Å²) in [5, 5.41) is 4.96. The maximum atomic E-state index is 5.75. The van der Waals surface area contributed by atoms with Gasteiger partial charge in [-0.1, -0.05) is 18.5 Å². The zero-order chi connectivity index (χ0) is 5.98. The third kappa shape index (κ3) is 1.04. The van der Waals surface area contributed by atoms with E-state index in [1.807, 2.05) is 5.38 Å². The van der Waals surface area contributed by atoms with Crippen LogP contribution in [0.25, 0.3) is 0 Å². The van der Waals surface area contributed by atoms with E-state index in [0.717, 1.165) is 11.4 Å². The standard InChI is InChI=1S/C6H7ClS/c1-2-5-3-8-4-6(5)7/h3-4H,2H2,1H3. The Morgan fingerprint density at radius 3 is 2.62 bits per heavy atom. The molecule has 0 saturated heterocycles. The number of hydrogen-bond donors (Lipinski definition) is 0. The summed E-state index contributed by atoms with van der Waals surface area (Å²) in [5.74, 6) is 0. The van der Waals surface area contributed by atoms with Crippen LogP contribution in [0.1, 0.15) is 12.5 Å². The summed E-state index contributed by atoms with van der Waals surface area (Å²) < 4.78 is 0. The minimum atomic E-state index is 0.914. The summed E-state index contributed by atoms with van der Waals surface area (Å²) in [6, 6.07) is 0. The molecule has 0 amide bonds. The molecule has 8 heavy (non-hydrogen) atoms. The lowest BCUT2D eigenvalue weighted by Crippen LogP contribution is -1.70. The Labute approximate surface area is 58.1 Å². The minimum Gasteiger partial charge on any atom is -0.151 e. The Morgan fingerprint density at radius 2 is 2.38 bits per heavy atom. The molecule has 0 atom stereocenters. The summed E-state index contributed by atoms with van der Waals surface area (Å²) >= 11 is 7.41. The number of rotatable bonds is 1. The van der Waals surface area contributed by atoms with Crippen LogP contribution >= 0.6 is 22.9 Å². The van der Waals surface area contributed by atoms with Crippen molar-refractivity contribution < 1.29 is 0 Å². The molecule has 0 aliphatic heterocycles. The maximum absolute atomic E-state index is 5.75. The average Bonchev–Trinajstić information content (AvgIpc) is 2.14. The number of aryl methyl sites for hydroxylation is 1. The summed E-state index contributed by atoms with van der Waals surface area (Å²) in [5.41, 5.74) is 1.26. The van der Waals surface area contributed by atoms with Gasteiger partial charge in [-0.25, -0.2) is 0 Å². The van der Waals surface area contributed by atoms with Crippen LogP contribution in [0.15, 0.2) is 10.8 Å². The highest BCUT2D eigenvalue weighted by Gasteiger charge is 1.94. The molecule has 2 heteroatoms. The fourth-order valence-corrected chi connectivity index (χ4v) is 1.76. The van der Waals surface area contributed by atoms with Crippen molar-refractivity contribution in [3.05, 3.63) is 21.3 Å². The topological polar surface area (TPSA) is 0 Å². The number of thiophene rings is 1. The van der Waals surface area contributed by atoms with Crippen LogP contribution in [-0.4, -0.2) is 0 Å². The third-order valence-electron chi connectivity index (χ3n) is 1.07. The number of halogens is 1. The first-order chi connectivity index (χ1) is 3.84. The van der Waals surface area contributed by atoms with E-state index in [2.05, 4.69) is 12.3 Å². The van der Waals surface area contributed by atoms with Crippen molar-refractivity contribution in [2.75, 3.05) is 0 Å². The Morgan fingerprint density at radius 1 is 1.62 bits per heavy atom. The molecule has 0 bridgehead atoms. The second-order valence-corrected chi connectivity index (χ2v) is 2.75. The molecule has 0 aliphatic carbocycles. The average molecular weight is 147 g/mol. The van der Waals surface area contributed by atoms with Crippen molar-refractivity contribution >= 4 is 22.9 Å². The van der Waals surface area contributed by atoms with Crippen molar-refractivity contribution in [1.82, 2.24) is 0 Å². The molecule has 0 aliphatic rings. The van der Waals surface area contributed by atoms with Crippen molar-refractivity contribution in [3.63, 3.8) is 0 Å². The SMILES string of the molecule is CCc1cscc1Cl. The summed E-state index contributed by atoms with van der Waals surface area (Å²) in [4.78, 5) is 0. The molecular formula is C6H7ClS. The van der Waals surface area contributed by atoms with Crippen molar-refractivity contribution in [1.29, 1.82) is 0 Å². The van der Waals surface area contributed by atoms with E-state index < -0.39 is 0 Å². The van der Waals surface area contributed by atoms with Crippen molar-refractivity contribution in [2.45, 2.75) is 13.3 Å². The van der Waals surface area contributed by atoms with E-state index in [4.69, 9.17) is 11.6 Å². The van der Waals surface area contributed by atoms with Gasteiger partial charge >= 0.3 is 0 Å². The fourth-order valence-electron chi connectivity index (χ4n) is 0.560. The Hall–Kier alpha value is -0.0100. The molecule has 0 nitrogen and oxygen atoms in total. The second kappa shape index (κ2) is 2.51. The van der Waals surface area contributed by atoms with E-state index in [1.165, 1.54) is 5.56 Å². The van der Waals surface area contributed by atoms with E-state index in [0.29, 0.717) is 0 Å². The highest BCUT2D eigenvalue weighted by atomic mass is 35.5. The second-order valence-electron chi connectivity index (χ2n) is 1.60. The molecule has 0 saturated carbocycles. The lowest BCUT2D eigenvalue weighted by atomic mass is 10.3. The van der Waals surface area contributed by atoms with Gasteiger partial charge in [0.15, 0.2) is 0 Å². The molecule has 1 aromatic rings. The maximum Gasteiger partial charge on any atom is 0.0544 e. The largest absolute Gasteiger partial charge is 0.151 e. The van der Waals surface area contributed by atoms with Crippen LogP contribution in [0, 0.1) is 0 Å².